The van der Waals surface area contributed by atoms with Crippen molar-refractivity contribution in [2.24, 2.45) is 7.05 Å². The van der Waals surface area contributed by atoms with E-state index in [0.717, 1.165) is 25.9 Å². The predicted molar refractivity (Wildman–Crippen MR) is 74.5 cm³/mol. The molecule has 0 atom stereocenters. The number of carbonyl (C=O) groups is 1. The second kappa shape index (κ2) is 5.46. The topological polar surface area (TPSA) is 76.8 Å². The molecule has 0 aliphatic carbocycles. The summed E-state index contributed by atoms with van der Waals surface area (Å²) in [6.45, 7) is 1.99. The maximum atomic E-state index is 12.4. The van der Waals surface area contributed by atoms with E-state index in [1.54, 1.807) is 7.05 Å². The van der Waals surface area contributed by atoms with Gasteiger partial charge in [0.1, 0.15) is 12.0 Å². The molecule has 1 aliphatic heterocycles. The van der Waals surface area contributed by atoms with Gasteiger partial charge in [-0.2, -0.15) is 10.1 Å². The normalized spacial score (nSPS) is 16.2. The Balaban J connectivity index is 1.78. The zero-order valence-corrected chi connectivity index (χ0v) is 11.4. The van der Waals surface area contributed by atoms with Crippen LogP contribution in [-0.4, -0.2) is 38.3 Å². The number of nitrogens with one attached hydrogen (secondary N) is 2. The van der Waals surface area contributed by atoms with Crippen LogP contribution in [0.4, 0.5) is 5.95 Å². The number of piperidine rings is 1. The van der Waals surface area contributed by atoms with E-state index in [0.29, 0.717) is 17.7 Å². The van der Waals surface area contributed by atoms with Gasteiger partial charge in [0, 0.05) is 19.3 Å². The van der Waals surface area contributed by atoms with Crippen molar-refractivity contribution < 1.29 is 4.79 Å². The molecule has 106 valence electrons. The van der Waals surface area contributed by atoms with Crippen LogP contribution in [0, 0.1) is 0 Å². The summed E-state index contributed by atoms with van der Waals surface area (Å²) < 4.78 is 3.60. The molecule has 2 N–H and O–H groups in total. The average molecular weight is 274 g/mol. The summed E-state index contributed by atoms with van der Waals surface area (Å²) in [5.74, 6) is 0.303. The largest absolute Gasteiger partial charge is 0.340 e. The van der Waals surface area contributed by atoms with E-state index in [4.69, 9.17) is 0 Å². The third-order valence-electron chi connectivity index (χ3n) is 3.65. The lowest BCUT2D eigenvalue weighted by molar-refractivity contribution is 0.101. The molecule has 1 aliphatic rings. The van der Waals surface area contributed by atoms with E-state index in [1.807, 2.05) is 18.3 Å². The van der Waals surface area contributed by atoms with Crippen molar-refractivity contribution in [3.05, 3.63) is 30.4 Å². The molecule has 0 saturated carbocycles. The van der Waals surface area contributed by atoms with Gasteiger partial charge in [-0.3, -0.25) is 10.1 Å². The number of hydrogen-bond acceptors (Lipinski definition) is 4. The molecule has 3 rings (SSSR count). The van der Waals surface area contributed by atoms with E-state index >= 15 is 0 Å². The molecule has 3 heterocycles. The van der Waals surface area contributed by atoms with Gasteiger partial charge in [0.05, 0.1) is 0 Å². The Morgan fingerprint density at radius 1 is 1.45 bits per heavy atom. The van der Waals surface area contributed by atoms with Gasteiger partial charge < -0.3 is 9.88 Å². The molecule has 0 aromatic carbocycles. The highest BCUT2D eigenvalue weighted by molar-refractivity contribution is 6.02. The van der Waals surface area contributed by atoms with Gasteiger partial charge in [0.25, 0.3) is 5.91 Å². The standard InChI is InChI=1S/C13H18N6O/c1-18-13(15-9-16-18)17-12(20)11-3-2-8-19(11)10-4-6-14-7-5-10/h2-3,8-10,14H,4-7H2,1H3,(H,15,16,17,20). The Kier molecular flexibility index (Phi) is 3.51. The Bertz CT molecular complexity index is 596. The van der Waals surface area contributed by atoms with Crippen LogP contribution in [0.1, 0.15) is 29.4 Å². The van der Waals surface area contributed by atoms with Crippen molar-refractivity contribution in [2.45, 2.75) is 18.9 Å². The summed E-state index contributed by atoms with van der Waals surface area (Å²) in [4.78, 5) is 16.4. The number of rotatable bonds is 3. The monoisotopic (exact) mass is 274 g/mol. The Labute approximate surface area is 117 Å². The fraction of sp³-hybridized carbons (Fsp3) is 0.462. The van der Waals surface area contributed by atoms with Crippen molar-refractivity contribution in [1.29, 1.82) is 0 Å². The molecule has 0 spiro atoms. The van der Waals surface area contributed by atoms with E-state index in [-0.39, 0.29) is 5.91 Å². The summed E-state index contributed by atoms with van der Waals surface area (Å²) in [7, 11) is 1.74. The Morgan fingerprint density at radius 3 is 2.95 bits per heavy atom. The van der Waals surface area contributed by atoms with Gasteiger partial charge >= 0.3 is 0 Å². The van der Waals surface area contributed by atoms with Crippen molar-refractivity contribution in [2.75, 3.05) is 18.4 Å². The van der Waals surface area contributed by atoms with Gasteiger partial charge in [0.15, 0.2) is 0 Å². The van der Waals surface area contributed by atoms with Crippen LogP contribution >= 0.6 is 0 Å². The average Bonchev–Trinajstić information content (AvgIpc) is 3.09. The first-order chi connectivity index (χ1) is 9.75. The Hall–Kier alpha value is -2.15. The quantitative estimate of drug-likeness (QED) is 0.867. The molecule has 1 fully saturated rings. The predicted octanol–water partition coefficient (Wildman–Crippen LogP) is 0.793. The fourth-order valence-electron chi connectivity index (χ4n) is 2.56. The summed E-state index contributed by atoms with van der Waals surface area (Å²) in [6, 6.07) is 4.13. The first kappa shape index (κ1) is 12.9. The Morgan fingerprint density at radius 2 is 2.25 bits per heavy atom. The smallest absolute Gasteiger partial charge is 0.274 e. The molecule has 0 radical (unpaired) electrons. The minimum absolute atomic E-state index is 0.148. The van der Waals surface area contributed by atoms with Crippen molar-refractivity contribution in [1.82, 2.24) is 24.6 Å². The number of nitrogens with zero attached hydrogens (tertiary/aromatic N) is 4. The second-order valence-corrected chi connectivity index (χ2v) is 4.94. The van der Waals surface area contributed by atoms with Gasteiger partial charge in [-0.25, -0.2) is 4.68 Å². The van der Waals surface area contributed by atoms with Gasteiger partial charge in [-0.05, 0) is 38.1 Å². The van der Waals surface area contributed by atoms with Crippen molar-refractivity contribution in [3.63, 3.8) is 0 Å². The minimum Gasteiger partial charge on any atom is -0.340 e. The lowest BCUT2D eigenvalue weighted by Gasteiger charge is -2.25. The molecule has 7 nitrogen and oxygen atoms in total. The highest BCUT2D eigenvalue weighted by Crippen LogP contribution is 2.21. The summed E-state index contributed by atoms with van der Waals surface area (Å²) in [5.41, 5.74) is 0.667. The highest BCUT2D eigenvalue weighted by atomic mass is 16.2. The van der Waals surface area contributed by atoms with Crippen LogP contribution in [-0.2, 0) is 7.05 Å². The molecule has 20 heavy (non-hydrogen) atoms. The van der Waals surface area contributed by atoms with Crippen LogP contribution in [0.2, 0.25) is 0 Å². The SMILES string of the molecule is Cn1ncnc1NC(=O)c1cccn1C1CCNCC1. The van der Waals surface area contributed by atoms with E-state index < -0.39 is 0 Å². The maximum Gasteiger partial charge on any atom is 0.274 e. The zero-order valence-electron chi connectivity index (χ0n) is 11.4. The van der Waals surface area contributed by atoms with Crippen LogP contribution in [0.25, 0.3) is 0 Å². The number of anilines is 1. The van der Waals surface area contributed by atoms with E-state index in [9.17, 15) is 4.79 Å². The lowest BCUT2D eigenvalue weighted by Crippen LogP contribution is -2.31. The number of hydrogen-bond donors (Lipinski definition) is 2. The minimum atomic E-state index is -0.148. The van der Waals surface area contributed by atoms with Gasteiger partial charge in [-0.1, -0.05) is 0 Å². The van der Waals surface area contributed by atoms with Crippen LogP contribution in [0.3, 0.4) is 0 Å². The van der Waals surface area contributed by atoms with Gasteiger partial charge in [0.2, 0.25) is 5.95 Å². The number of amides is 1. The molecular formula is C13H18N6O. The first-order valence-corrected chi connectivity index (χ1v) is 6.78. The molecule has 1 saturated heterocycles. The van der Waals surface area contributed by atoms with Crippen molar-refractivity contribution in [3.8, 4) is 0 Å². The number of aryl methyl sites for hydroxylation is 1. The van der Waals surface area contributed by atoms with Crippen LogP contribution < -0.4 is 10.6 Å². The van der Waals surface area contributed by atoms with E-state index in [2.05, 4.69) is 25.3 Å². The highest BCUT2D eigenvalue weighted by Gasteiger charge is 2.20. The number of aromatic nitrogens is 4. The number of carbonyl (C=O) groups excluding carboxylic acids is 1. The molecule has 2 aromatic rings. The van der Waals surface area contributed by atoms with Crippen LogP contribution in [0.15, 0.2) is 24.7 Å². The first-order valence-electron chi connectivity index (χ1n) is 6.78. The summed E-state index contributed by atoms with van der Waals surface area (Å²) in [5, 5.41) is 10.1. The summed E-state index contributed by atoms with van der Waals surface area (Å²) >= 11 is 0. The van der Waals surface area contributed by atoms with Gasteiger partial charge in [-0.15, -0.1) is 0 Å². The summed E-state index contributed by atoms with van der Waals surface area (Å²) in [6.07, 6.45) is 5.47. The molecule has 7 heteroatoms. The van der Waals surface area contributed by atoms with E-state index in [1.165, 1.54) is 11.0 Å². The third kappa shape index (κ3) is 2.44. The third-order valence-corrected chi connectivity index (χ3v) is 3.65. The fourth-order valence-corrected chi connectivity index (χ4v) is 2.56. The molecule has 1 amide bonds. The van der Waals surface area contributed by atoms with Crippen LogP contribution in [0.5, 0.6) is 0 Å². The maximum absolute atomic E-state index is 12.4. The lowest BCUT2D eigenvalue weighted by atomic mass is 10.1. The zero-order chi connectivity index (χ0) is 13.9. The molecule has 0 unspecified atom stereocenters. The van der Waals surface area contributed by atoms with Crippen molar-refractivity contribution >= 4 is 11.9 Å². The molecule has 0 bridgehead atoms. The molecular weight excluding hydrogens is 256 g/mol. The molecule has 2 aromatic heterocycles. The second-order valence-electron chi connectivity index (χ2n) is 4.94.